The molecule has 162 valence electrons. The molecule has 0 saturated carbocycles. The first-order valence-electron chi connectivity index (χ1n) is 9.81. The van der Waals surface area contributed by atoms with Crippen molar-refractivity contribution in [2.75, 3.05) is 17.2 Å². The molecule has 0 radical (unpaired) electrons. The number of carbonyl (C=O) groups is 3. The number of ether oxygens (including phenoxy) is 1. The Bertz CT molecular complexity index is 1120. The van der Waals surface area contributed by atoms with Gasteiger partial charge in [0.1, 0.15) is 5.00 Å². The number of rotatable bonds is 7. The predicted octanol–water partition coefficient (Wildman–Crippen LogP) is 5.35. The van der Waals surface area contributed by atoms with Gasteiger partial charge in [-0.2, -0.15) is 0 Å². The predicted molar refractivity (Wildman–Crippen MR) is 126 cm³/mol. The van der Waals surface area contributed by atoms with Crippen LogP contribution >= 0.6 is 22.7 Å². The summed E-state index contributed by atoms with van der Waals surface area (Å²) in [5.74, 6) is -1.15. The van der Waals surface area contributed by atoms with Crippen molar-refractivity contribution in [3.63, 3.8) is 0 Å². The van der Waals surface area contributed by atoms with Gasteiger partial charge in [0.15, 0.2) is 0 Å². The van der Waals surface area contributed by atoms with Crippen LogP contribution in [0.25, 0.3) is 0 Å². The maximum Gasteiger partial charge on any atom is 0.341 e. The van der Waals surface area contributed by atoms with E-state index in [1.807, 2.05) is 49.6 Å². The number of carbonyl (C=O) groups excluding carboxylic acids is 3. The first kappa shape index (κ1) is 22.7. The molecule has 0 aliphatic carbocycles. The van der Waals surface area contributed by atoms with Gasteiger partial charge in [-0.3, -0.25) is 9.59 Å². The van der Waals surface area contributed by atoms with Gasteiger partial charge in [-0.25, -0.2) is 4.79 Å². The average Bonchev–Trinajstić information content (AvgIpc) is 3.31. The number of benzene rings is 1. The van der Waals surface area contributed by atoms with E-state index >= 15 is 0 Å². The van der Waals surface area contributed by atoms with Gasteiger partial charge in [0.05, 0.1) is 23.5 Å². The Morgan fingerprint density at radius 2 is 1.84 bits per heavy atom. The Morgan fingerprint density at radius 3 is 2.48 bits per heavy atom. The second-order valence-electron chi connectivity index (χ2n) is 7.06. The van der Waals surface area contributed by atoms with Gasteiger partial charge >= 0.3 is 5.97 Å². The largest absolute Gasteiger partial charge is 0.462 e. The molecule has 0 bridgehead atoms. The minimum Gasteiger partial charge on any atom is -0.462 e. The van der Waals surface area contributed by atoms with E-state index in [-0.39, 0.29) is 30.4 Å². The molecule has 6 nitrogen and oxygen atoms in total. The lowest BCUT2D eigenvalue weighted by Gasteiger charge is -2.09. The lowest BCUT2D eigenvalue weighted by molar-refractivity contribution is -0.115. The molecule has 0 atom stereocenters. The highest BCUT2D eigenvalue weighted by Gasteiger charge is 2.27. The number of hydrogen-bond acceptors (Lipinski definition) is 6. The monoisotopic (exact) mass is 456 g/mol. The smallest absolute Gasteiger partial charge is 0.341 e. The van der Waals surface area contributed by atoms with E-state index in [2.05, 4.69) is 10.6 Å². The van der Waals surface area contributed by atoms with Crippen molar-refractivity contribution < 1.29 is 19.1 Å². The van der Waals surface area contributed by atoms with Crippen LogP contribution in [-0.4, -0.2) is 24.4 Å². The molecule has 3 aromatic rings. The molecule has 8 heteroatoms. The van der Waals surface area contributed by atoms with Gasteiger partial charge in [0.25, 0.3) is 5.91 Å². The minimum absolute atomic E-state index is 0.195. The van der Waals surface area contributed by atoms with Crippen LogP contribution in [-0.2, 0) is 16.0 Å². The fourth-order valence-corrected chi connectivity index (χ4v) is 4.95. The molecule has 0 fully saturated rings. The molecule has 2 N–H and O–H groups in total. The molecule has 31 heavy (non-hydrogen) atoms. The molecule has 0 spiro atoms. The van der Waals surface area contributed by atoms with Crippen molar-refractivity contribution in [2.45, 2.75) is 34.1 Å². The first-order chi connectivity index (χ1) is 14.8. The molecule has 0 aliphatic rings. The van der Waals surface area contributed by atoms with Crippen molar-refractivity contribution in [1.29, 1.82) is 0 Å². The summed E-state index contributed by atoms with van der Waals surface area (Å²) < 4.78 is 5.17. The van der Waals surface area contributed by atoms with Gasteiger partial charge in [0.2, 0.25) is 5.91 Å². The summed E-state index contributed by atoms with van der Waals surface area (Å²) in [6.45, 7) is 7.50. The summed E-state index contributed by atoms with van der Waals surface area (Å²) in [5.41, 5.74) is 3.44. The second-order valence-corrected chi connectivity index (χ2v) is 9.11. The van der Waals surface area contributed by atoms with E-state index in [1.54, 1.807) is 13.8 Å². The molecular weight excluding hydrogens is 432 g/mol. The van der Waals surface area contributed by atoms with Gasteiger partial charge in [0, 0.05) is 10.6 Å². The Hall–Kier alpha value is -2.97. The number of anilines is 2. The van der Waals surface area contributed by atoms with Crippen LogP contribution in [0.4, 0.5) is 10.7 Å². The maximum atomic E-state index is 13.0. The zero-order valence-electron chi connectivity index (χ0n) is 17.8. The number of esters is 1. The molecular formula is C23H24N2O4S2. The molecule has 0 saturated heterocycles. The van der Waals surface area contributed by atoms with Crippen molar-refractivity contribution >= 4 is 51.1 Å². The van der Waals surface area contributed by atoms with Crippen LogP contribution < -0.4 is 10.6 Å². The zero-order chi connectivity index (χ0) is 22.5. The van der Waals surface area contributed by atoms with E-state index in [9.17, 15) is 14.4 Å². The Labute approximate surface area is 189 Å². The number of nitrogens with one attached hydrogen (secondary N) is 2. The second kappa shape index (κ2) is 9.89. The number of hydrogen-bond donors (Lipinski definition) is 2. The van der Waals surface area contributed by atoms with Crippen molar-refractivity contribution in [2.24, 2.45) is 0 Å². The summed E-state index contributed by atoms with van der Waals surface area (Å²) in [7, 11) is 0. The van der Waals surface area contributed by atoms with Crippen LogP contribution in [0.2, 0.25) is 0 Å². The maximum absolute atomic E-state index is 13.0. The molecule has 3 rings (SSSR count). The third-order valence-corrected chi connectivity index (χ3v) is 6.71. The van der Waals surface area contributed by atoms with Crippen LogP contribution in [0, 0.1) is 20.8 Å². The number of thiophene rings is 2. The fourth-order valence-electron chi connectivity index (χ4n) is 3.14. The molecule has 2 heterocycles. The Balaban J connectivity index is 1.89. The van der Waals surface area contributed by atoms with E-state index in [0.29, 0.717) is 21.1 Å². The fraction of sp³-hybridized carbons (Fsp3) is 0.261. The van der Waals surface area contributed by atoms with Crippen LogP contribution in [0.15, 0.2) is 35.7 Å². The lowest BCUT2D eigenvalue weighted by atomic mass is 10.1. The van der Waals surface area contributed by atoms with Gasteiger partial charge < -0.3 is 15.4 Å². The normalized spacial score (nSPS) is 10.6. The molecule has 2 aromatic heterocycles. The van der Waals surface area contributed by atoms with Gasteiger partial charge in [-0.1, -0.05) is 23.8 Å². The van der Waals surface area contributed by atoms with Crippen molar-refractivity contribution in [3.05, 3.63) is 67.7 Å². The van der Waals surface area contributed by atoms with Crippen molar-refractivity contribution in [1.82, 2.24) is 0 Å². The molecule has 0 unspecified atom stereocenters. The van der Waals surface area contributed by atoms with Gasteiger partial charge in [-0.15, -0.1) is 22.7 Å². The van der Waals surface area contributed by atoms with Crippen LogP contribution in [0.5, 0.6) is 0 Å². The number of aryl methyl sites for hydroxylation is 2. The van der Waals surface area contributed by atoms with Crippen LogP contribution in [0.1, 0.15) is 48.5 Å². The summed E-state index contributed by atoms with van der Waals surface area (Å²) in [6, 6.07) is 9.50. The Kier molecular flexibility index (Phi) is 7.25. The summed E-state index contributed by atoms with van der Waals surface area (Å²) in [5, 5.41) is 7.92. The molecule has 1 aromatic carbocycles. The highest BCUT2D eigenvalue weighted by molar-refractivity contribution is 7.19. The van der Waals surface area contributed by atoms with Crippen LogP contribution in [0.3, 0.4) is 0 Å². The highest BCUT2D eigenvalue weighted by atomic mass is 32.1. The summed E-state index contributed by atoms with van der Waals surface area (Å²) in [4.78, 5) is 39.4. The van der Waals surface area contributed by atoms with Gasteiger partial charge in [-0.05, 0) is 56.3 Å². The molecule has 0 aliphatic heterocycles. The lowest BCUT2D eigenvalue weighted by Crippen LogP contribution is -2.16. The van der Waals surface area contributed by atoms with E-state index in [4.69, 9.17) is 4.74 Å². The quantitative estimate of drug-likeness (QED) is 0.470. The standard InChI is InChI=1S/C23H24N2O4S2/c1-5-29-23(28)19-15(4)20(21(27)24-17-9-8-13(2)11-14(17)3)31-22(19)25-18(26)12-16-7-6-10-30-16/h6-11H,5,12H2,1-4H3,(H,24,27)(H,25,26). The first-order valence-corrected chi connectivity index (χ1v) is 11.5. The number of amides is 2. The molecule has 2 amide bonds. The summed E-state index contributed by atoms with van der Waals surface area (Å²) in [6.07, 6.45) is 0.195. The highest BCUT2D eigenvalue weighted by Crippen LogP contribution is 2.34. The SMILES string of the molecule is CCOC(=O)c1c(NC(=O)Cc2cccs2)sc(C(=O)Nc2ccc(C)cc2C)c1C. The zero-order valence-corrected chi connectivity index (χ0v) is 19.5. The third kappa shape index (κ3) is 5.39. The van der Waals surface area contributed by atoms with Crippen molar-refractivity contribution in [3.8, 4) is 0 Å². The minimum atomic E-state index is -0.562. The Morgan fingerprint density at radius 1 is 1.06 bits per heavy atom. The third-order valence-electron chi connectivity index (χ3n) is 4.63. The van der Waals surface area contributed by atoms with E-state index in [1.165, 1.54) is 11.3 Å². The topological polar surface area (TPSA) is 84.5 Å². The average molecular weight is 457 g/mol. The van der Waals surface area contributed by atoms with E-state index in [0.717, 1.165) is 27.3 Å². The van der Waals surface area contributed by atoms with E-state index < -0.39 is 5.97 Å². The summed E-state index contributed by atoms with van der Waals surface area (Å²) >= 11 is 2.56.